The van der Waals surface area contributed by atoms with Gasteiger partial charge in [-0.1, -0.05) is 12.1 Å². The van der Waals surface area contributed by atoms with Gasteiger partial charge in [-0.3, -0.25) is 0 Å². The van der Waals surface area contributed by atoms with E-state index >= 15 is 0 Å². The number of ether oxygens (including phenoxy) is 2. The van der Waals surface area contributed by atoms with Gasteiger partial charge >= 0.3 is 0 Å². The van der Waals surface area contributed by atoms with Crippen LogP contribution in [0, 0.1) is 0 Å². The van der Waals surface area contributed by atoms with Crippen LogP contribution in [0.5, 0.6) is 5.75 Å². The molecule has 4 heteroatoms. The van der Waals surface area contributed by atoms with E-state index in [9.17, 15) is 0 Å². The molecule has 0 aliphatic carbocycles. The summed E-state index contributed by atoms with van der Waals surface area (Å²) in [6.07, 6.45) is 0.217. The zero-order valence-corrected chi connectivity index (χ0v) is 10.7. The standard InChI is InChI=1S/C14H18N2O2/c1-10(2)17-8-9-18-12-5-3-4-11-6-7-13(15)16-14(11)12/h3-7,10H,8-9H2,1-2H3,(H2,15,16). The summed E-state index contributed by atoms with van der Waals surface area (Å²) in [6.45, 7) is 5.07. The monoisotopic (exact) mass is 246 g/mol. The summed E-state index contributed by atoms with van der Waals surface area (Å²) in [7, 11) is 0. The molecule has 1 heterocycles. The van der Waals surface area contributed by atoms with Crippen LogP contribution in [-0.2, 0) is 4.74 Å². The minimum Gasteiger partial charge on any atom is -0.489 e. The van der Waals surface area contributed by atoms with Crippen molar-refractivity contribution in [2.75, 3.05) is 18.9 Å². The van der Waals surface area contributed by atoms with Crippen LogP contribution in [0.3, 0.4) is 0 Å². The molecule has 18 heavy (non-hydrogen) atoms. The molecule has 4 nitrogen and oxygen atoms in total. The van der Waals surface area contributed by atoms with Crippen molar-refractivity contribution in [3.05, 3.63) is 30.3 Å². The molecule has 0 atom stereocenters. The lowest BCUT2D eigenvalue weighted by Crippen LogP contribution is -2.11. The predicted octanol–water partition coefficient (Wildman–Crippen LogP) is 2.62. The summed E-state index contributed by atoms with van der Waals surface area (Å²) in [6, 6.07) is 9.55. The van der Waals surface area contributed by atoms with Gasteiger partial charge in [0.15, 0.2) is 0 Å². The van der Waals surface area contributed by atoms with Crippen molar-refractivity contribution in [3.63, 3.8) is 0 Å². The zero-order valence-electron chi connectivity index (χ0n) is 10.7. The first-order valence-electron chi connectivity index (χ1n) is 6.06. The Kier molecular flexibility index (Phi) is 3.99. The Bertz CT molecular complexity index is 526. The largest absolute Gasteiger partial charge is 0.489 e. The van der Waals surface area contributed by atoms with Crippen molar-refractivity contribution in [1.82, 2.24) is 4.98 Å². The smallest absolute Gasteiger partial charge is 0.145 e. The van der Waals surface area contributed by atoms with E-state index in [0.29, 0.717) is 19.0 Å². The Morgan fingerprint density at radius 2 is 2.00 bits per heavy atom. The number of pyridine rings is 1. The molecule has 1 aromatic heterocycles. The predicted molar refractivity (Wildman–Crippen MR) is 72.7 cm³/mol. The summed E-state index contributed by atoms with van der Waals surface area (Å²) < 4.78 is 11.1. The molecule has 0 amide bonds. The number of nitrogens with zero attached hydrogens (tertiary/aromatic N) is 1. The number of fused-ring (bicyclic) bond motifs is 1. The van der Waals surface area contributed by atoms with E-state index in [1.165, 1.54) is 0 Å². The second kappa shape index (κ2) is 5.69. The first-order chi connectivity index (χ1) is 8.66. The molecule has 0 saturated heterocycles. The molecule has 96 valence electrons. The molecule has 2 aromatic rings. The summed E-state index contributed by atoms with van der Waals surface area (Å²) in [4.78, 5) is 4.30. The SMILES string of the molecule is CC(C)OCCOc1cccc2ccc(N)nc12. The van der Waals surface area contributed by atoms with Gasteiger partial charge in [0.25, 0.3) is 0 Å². The number of anilines is 1. The average molecular weight is 246 g/mol. The van der Waals surface area contributed by atoms with Crippen molar-refractivity contribution in [3.8, 4) is 5.75 Å². The van der Waals surface area contributed by atoms with Gasteiger partial charge < -0.3 is 15.2 Å². The summed E-state index contributed by atoms with van der Waals surface area (Å²) in [5.41, 5.74) is 6.49. The number of aromatic nitrogens is 1. The van der Waals surface area contributed by atoms with Crippen molar-refractivity contribution in [1.29, 1.82) is 0 Å². The van der Waals surface area contributed by atoms with E-state index in [-0.39, 0.29) is 6.10 Å². The van der Waals surface area contributed by atoms with Gasteiger partial charge in [-0.05, 0) is 32.0 Å². The van der Waals surface area contributed by atoms with Gasteiger partial charge in [0.1, 0.15) is 23.7 Å². The first-order valence-corrected chi connectivity index (χ1v) is 6.06. The molecule has 0 spiro atoms. The van der Waals surface area contributed by atoms with Crippen LogP contribution in [0.1, 0.15) is 13.8 Å². The van der Waals surface area contributed by atoms with Gasteiger partial charge in [0.2, 0.25) is 0 Å². The van der Waals surface area contributed by atoms with Crippen LogP contribution in [0.2, 0.25) is 0 Å². The van der Waals surface area contributed by atoms with Crippen LogP contribution in [0.25, 0.3) is 10.9 Å². The Balaban J connectivity index is 2.10. The van der Waals surface area contributed by atoms with Crippen molar-refractivity contribution >= 4 is 16.7 Å². The highest BCUT2D eigenvalue weighted by Gasteiger charge is 2.04. The molecule has 0 bridgehead atoms. The fourth-order valence-electron chi connectivity index (χ4n) is 1.69. The maximum Gasteiger partial charge on any atom is 0.145 e. The molecule has 0 aliphatic heterocycles. The molecule has 0 aliphatic rings. The summed E-state index contributed by atoms with van der Waals surface area (Å²) >= 11 is 0. The normalized spacial score (nSPS) is 11.1. The highest BCUT2D eigenvalue weighted by atomic mass is 16.5. The Hall–Kier alpha value is -1.81. The fraction of sp³-hybridized carbons (Fsp3) is 0.357. The van der Waals surface area contributed by atoms with Gasteiger partial charge in [0, 0.05) is 5.39 Å². The number of benzene rings is 1. The summed E-state index contributed by atoms with van der Waals surface area (Å²) in [5, 5.41) is 1.02. The minimum atomic E-state index is 0.217. The fourth-order valence-corrected chi connectivity index (χ4v) is 1.69. The first kappa shape index (κ1) is 12.6. The highest BCUT2D eigenvalue weighted by molar-refractivity contribution is 5.85. The topological polar surface area (TPSA) is 57.4 Å². The molecule has 0 fully saturated rings. The van der Waals surface area contributed by atoms with E-state index in [0.717, 1.165) is 16.7 Å². The van der Waals surface area contributed by atoms with Gasteiger partial charge in [-0.2, -0.15) is 0 Å². The number of nitrogens with two attached hydrogens (primary N) is 1. The number of hydrogen-bond acceptors (Lipinski definition) is 4. The molecule has 0 saturated carbocycles. The minimum absolute atomic E-state index is 0.217. The molecule has 0 radical (unpaired) electrons. The average Bonchev–Trinajstić information content (AvgIpc) is 2.34. The van der Waals surface area contributed by atoms with Crippen LogP contribution in [0.15, 0.2) is 30.3 Å². The van der Waals surface area contributed by atoms with Crippen molar-refractivity contribution < 1.29 is 9.47 Å². The van der Waals surface area contributed by atoms with E-state index in [1.54, 1.807) is 6.07 Å². The van der Waals surface area contributed by atoms with E-state index in [2.05, 4.69) is 4.98 Å². The second-order valence-corrected chi connectivity index (χ2v) is 4.33. The lowest BCUT2D eigenvalue weighted by Gasteiger charge is -2.10. The van der Waals surface area contributed by atoms with Gasteiger partial charge in [0.05, 0.1) is 12.7 Å². The van der Waals surface area contributed by atoms with E-state index < -0.39 is 0 Å². The van der Waals surface area contributed by atoms with Crippen LogP contribution in [0.4, 0.5) is 5.82 Å². The number of rotatable bonds is 5. The molecular weight excluding hydrogens is 228 g/mol. The Morgan fingerprint density at radius 3 is 2.78 bits per heavy atom. The van der Waals surface area contributed by atoms with Crippen LogP contribution < -0.4 is 10.5 Å². The number of hydrogen-bond donors (Lipinski definition) is 1. The molecule has 0 unspecified atom stereocenters. The number of para-hydroxylation sites is 1. The lowest BCUT2D eigenvalue weighted by molar-refractivity contribution is 0.0555. The maximum absolute atomic E-state index is 5.70. The van der Waals surface area contributed by atoms with Crippen LogP contribution >= 0.6 is 0 Å². The second-order valence-electron chi connectivity index (χ2n) is 4.33. The number of nitrogen functional groups attached to an aromatic ring is 1. The quantitative estimate of drug-likeness (QED) is 0.824. The lowest BCUT2D eigenvalue weighted by atomic mass is 10.2. The van der Waals surface area contributed by atoms with E-state index in [4.69, 9.17) is 15.2 Å². The van der Waals surface area contributed by atoms with Crippen molar-refractivity contribution in [2.24, 2.45) is 0 Å². The zero-order chi connectivity index (χ0) is 13.0. The van der Waals surface area contributed by atoms with Crippen molar-refractivity contribution in [2.45, 2.75) is 20.0 Å². The highest BCUT2D eigenvalue weighted by Crippen LogP contribution is 2.24. The van der Waals surface area contributed by atoms with Crippen LogP contribution in [-0.4, -0.2) is 24.3 Å². The van der Waals surface area contributed by atoms with E-state index in [1.807, 2.05) is 38.1 Å². The van der Waals surface area contributed by atoms with Gasteiger partial charge in [-0.25, -0.2) is 4.98 Å². The molecule has 2 rings (SSSR count). The van der Waals surface area contributed by atoms with Gasteiger partial charge in [-0.15, -0.1) is 0 Å². The maximum atomic E-state index is 5.70. The molecule has 2 N–H and O–H groups in total. The Morgan fingerprint density at radius 1 is 1.17 bits per heavy atom. The molecule has 1 aromatic carbocycles. The Labute approximate surface area is 107 Å². The third-order valence-electron chi connectivity index (χ3n) is 2.50. The third kappa shape index (κ3) is 3.11. The molecular formula is C14H18N2O2. The third-order valence-corrected chi connectivity index (χ3v) is 2.50. The summed E-state index contributed by atoms with van der Waals surface area (Å²) in [5.74, 6) is 1.24.